The van der Waals surface area contributed by atoms with E-state index in [9.17, 15) is 4.79 Å². The van der Waals surface area contributed by atoms with Crippen molar-refractivity contribution in [2.45, 2.75) is 39.5 Å². The van der Waals surface area contributed by atoms with Gasteiger partial charge < -0.3 is 9.72 Å². The van der Waals surface area contributed by atoms with E-state index in [1.54, 1.807) is 6.33 Å². The number of imidazole rings is 1. The molecule has 118 valence electrons. The van der Waals surface area contributed by atoms with Crippen molar-refractivity contribution >= 4 is 17.0 Å². The molecule has 2 aromatic rings. The number of aromatic nitrogens is 2. The Labute approximate surface area is 131 Å². The fourth-order valence-corrected chi connectivity index (χ4v) is 2.90. The standard InChI is InChI=1S/C11H18O2.C7H6N2/c1-4-13-10(12)11(3)8-6-5-7-9(11)2;1-2-4-7-6(3-1)8-5-9-7/h4,9H,1,5-8H2,2-3H3;1-5H,(H,8,9). The van der Waals surface area contributed by atoms with Crippen LogP contribution >= 0.6 is 0 Å². The molecule has 1 aromatic carbocycles. The molecular formula is C18H24N2O2. The molecule has 0 amide bonds. The Balaban J connectivity index is 0.000000170. The zero-order valence-electron chi connectivity index (χ0n) is 13.3. The molecule has 2 atom stereocenters. The van der Waals surface area contributed by atoms with Crippen LogP contribution in [0, 0.1) is 11.3 Å². The number of nitrogens with one attached hydrogen (secondary N) is 1. The van der Waals surface area contributed by atoms with Crippen LogP contribution in [0.25, 0.3) is 11.0 Å². The minimum atomic E-state index is -0.285. The highest BCUT2D eigenvalue weighted by Gasteiger charge is 2.41. The molecule has 1 fully saturated rings. The van der Waals surface area contributed by atoms with Crippen LogP contribution in [0.1, 0.15) is 39.5 Å². The minimum absolute atomic E-state index is 0.116. The van der Waals surface area contributed by atoms with E-state index in [4.69, 9.17) is 4.74 Å². The van der Waals surface area contributed by atoms with Gasteiger partial charge in [0.2, 0.25) is 0 Å². The highest BCUT2D eigenvalue weighted by Crippen LogP contribution is 2.41. The molecule has 1 aliphatic carbocycles. The molecule has 0 spiro atoms. The molecule has 4 nitrogen and oxygen atoms in total. The Morgan fingerprint density at radius 3 is 2.91 bits per heavy atom. The molecule has 1 aliphatic rings. The third kappa shape index (κ3) is 3.56. The predicted molar refractivity (Wildman–Crippen MR) is 88.1 cm³/mol. The summed E-state index contributed by atoms with van der Waals surface area (Å²) in [6.45, 7) is 7.54. The van der Waals surface area contributed by atoms with E-state index in [1.165, 1.54) is 12.7 Å². The molecule has 0 saturated heterocycles. The van der Waals surface area contributed by atoms with Gasteiger partial charge in [-0.1, -0.05) is 38.5 Å². The Bertz CT molecular complexity index is 605. The number of fused-ring (bicyclic) bond motifs is 1. The van der Waals surface area contributed by atoms with Crippen LogP contribution in [-0.2, 0) is 9.53 Å². The monoisotopic (exact) mass is 300 g/mol. The largest absolute Gasteiger partial charge is 0.435 e. The zero-order valence-corrected chi connectivity index (χ0v) is 13.3. The lowest BCUT2D eigenvalue weighted by Crippen LogP contribution is -2.37. The molecule has 4 heteroatoms. The molecule has 0 aliphatic heterocycles. The summed E-state index contributed by atoms with van der Waals surface area (Å²) in [5, 5.41) is 0. The predicted octanol–water partition coefficient (Wildman–Crippen LogP) is 4.45. The number of para-hydroxylation sites is 2. The van der Waals surface area contributed by atoms with E-state index in [0.717, 1.165) is 30.3 Å². The molecule has 3 rings (SSSR count). The molecule has 0 radical (unpaired) electrons. The average Bonchev–Trinajstić information content (AvgIpc) is 3.00. The second-order valence-corrected chi connectivity index (χ2v) is 6.06. The maximum atomic E-state index is 11.6. The topological polar surface area (TPSA) is 55.0 Å². The summed E-state index contributed by atoms with van der Waals surface area (Å²) < 4.78 is 4.88. The van der Waals surface area contributed by atoms with Gasteiger partial charge in [-0.2, -0.15) is 0 Å². The lowest BCUT2D eigenvalue weighted by molar-refractivity contribution is -0.154. The molecule has 1 heterocycles. The van der Waals surface area contributed by atoms with Crippen LogP contribution in [0.3, 0.4) is 0 Å². The van der Waals surface area contributed by atoms with Gasteiger partial charge >= 0.3 is 5.97 Å². The number of hydrogen-bond acceptors (Lipinski definition) is 3. The molecule has 1 N–H and O–H groups in total. The highest BCUT2D eigenvalue weighted by atomic mass is 16.5. The molecule has 1 saturated carbocycles. The molecule has 22 heavy (non-hydrogen) atoms. The Morgan fingerprint density at radius 1 is 1.45 bits per heavy atom. The summed E-state index contributed by atoms with van der Waals surface area (Å²) in [5.41, 5.74) is 1.84. The Kier molecular flexibility index (Phi) is 5.36. The van der Waals surface area contributed by atoms with Gasteiger partial charge in [-0.3, -0.25) is 4.79 Å². The van der Waals surface area contributed by atoms with Crippen molar-refractivity contribution in [3.05, 3.63) is 43.4 Å². The maximum Gasteiger partial charge on any atom is 0.316 e. The number of carbonyl (C=O) groups is 1. The van der Waals surface area contributed by atoms with Gasteiger partial charge in [0, 0.05) is 0 Å². The highest BCUT2D eigenvalue weighted by molar-refractivity contribution is 5.77. The van der Waals surface area contributed by atoms with Crippen molar-refractivity contribution in [1.29, 1.82) is 0 Å². The fourth-order valence-electron chi connectivity index (χ4n) is 2.90. The van der Waals surface area contributed by atoms with Gasteiger partial charge in [-0.25, -0.2) is 4.98 Å². The average molecular weight is 300 g/mol. The van der Waals surface area contributed by atoms with E-state index < -0.39 is 0 Å². The smallest absolute Gasteiger partial charge is 0.316 e. The first-order chi connectivity index (χ1) is 10.6. The van der Waals surface area contributed by atoms with Crippen LogP contribution in [0.5, 0.6) is 0 Å². The molecule has 0 bridgehead atoms. The minimum Gasteiger partial charge on any atom is -0.435 e. The number of H-pyrrole nitrogens is 1. The second kappa shape index (κ2) is 7.25. The number of aromatic amines is 1. The summed E-state index contributed by atoms with van der Waals surface area (Å²) in [7, 11) is 0. The summed E-state index contributed by atoms with van der Waals surface area (Å²) in [5.74, 6) is 0.309. The molecule has 1 aromatic heterocycles. The number of carbonyl (C=O) groups excluding carboxylic acids is 1. The number of nitrogens with zero attached hydrogens (tertiary/aromatic N) is 1. The van der Waals surface area contributed by atoms with Gasteiger partial charge in [0.25, 0.3) is 0 Å². The summed E-state index contributed by atoms with van der Waals surface area (Å²) in [6, 6.07) is 7.94. The fraction of sp³-hybridized carbons (Fsp3) is 0.444. The van der Waals surface area contributed by atoms with Gasteiger partial charge in [0.15, 0.2) is 0 Å². The van der Waals surface area contributed by atoms with Crippen LogP contribution in [0.15, 0.2) is 43.4 Å². The number of benzene rings is 1. The lowest BCUT2D eigenvalue weighted by Gasteiger charge is -2.36. The van der Waals surface area contributed by atoms with Crippen LogP contribution in [-0.4, -0.2) is 15.9 Å². The summed E-state index contributed by atoms with van der Waals surface area (Å²) in [4.78, 5) is 18.7. The summed E-state index contributed by atoms with van der Waals surface area (Å²) in [6.07, 6.45) is 7.37. The number of hydrogen-bond donors (Lipinski definition) is 1. The SMILES string of the molecule is C=COC(=O)C1(C)CCCCC1C.c1ccc2[nH]cnc2c1. The number of ether oxygens (including phenoxy) is 1. The van der Waals surface area contributed by atoms with Crippen molar-refractivity contribution in [3.8, 4) is 0 Å². The lowest BCUT2D eigenvalue weighted by atomic mass is 9.68. The van der Waals surface area contributed by atoms with Crippen molar-refractivity contribution in [2.24, 2.45) is 11.3 Å². The van der Waals surface area contributed by atoms with Gasteiger partial charge in [-0.15, -0.1) is 0 Å². The first-order valence-corrected chi connectivity index (χ1v) is 7.78. The van der Waals surface area contributed by atoms with Gasteiger partial charge in [0.1, 0.15) is 0 Å². The summed E-state index contributed by atoms with van der Waals surface area (Å²) >= 11 is 0. The van der Waals surface area contributed by atoms with Gasteiger partial charge in [-0.05, 0) is 37.8 Å². The van der Waals surface area contributed by atoms with E-state index in [0.29, 0.717) is 5.92 Å². The van der Waals surface area contributed by atoms with Gasteiger partial charge in [0.05, 0.1) is 29.0 Å². The van der Waals surface area contributed by atoms with Crippen molar-refractivity contribution < 1.29 is 9.53 Å². The first-order valence-electron chi connectivity index (χ1n) is 7.78. The third-order valence-corrected chi connectivity index (χ3v) is 4.66. The van der Waals surface area contributed by atoms with E-state index in [2.05, 4.69) is 23.5 Å². The number of esters is 1. The Hall–Kier alpha value is -2.10. The Morgan fingerprint density at radius 2 is 2.23 bits per heavy atom. The van der Waals surface area contributed by atoms with E-state index in [-0.39, 0.29) is 11.4 Å². The quantitative estimate of drug-likeness (QED) is 0.658. The maximum absolute atomic E-state index is 11.6. The zero-order chi connectivity index (χ0) is 16.0. The third-order valence-electron chi connectivity index (χ3n) is 4.66. The van der Waals surface area contributed by atoms with Crippen LogP contribution in [0.2, 0.25) is 0 Å². The molecule has 2 unspecified atom stereocenters. The van der Waals surface area contributed by atoms with E-state index in [1.807, 2.05) is 31.2 Å². The second-order valence-electron chi connectivity index (χ2n) is 6.06. The van der Waals surface area contributed by atoms with Crippen molar-refractivity contribution in [1.82, 2.24) is 9.97 Å². The normalized spacial score (nSPS) is 24.2. The van der Waals surface area contributed by atoms with Crippen molar-refractivity contribution in [3.63, 3.8) is 0 Å². The van der Waals surface area contributed by atoms with Crippen LogP contribution in [0.4, 0.5) is 0 Å². The first kappa shape index (κ1) is 16.3. The number of rotatable bonds is 2. The van der Waals surface area contributed by atoms with Crippen LogP contribution < -0.4 is 0 Å². The van der Waals surface area contributed by atoms with E-state index >= 15 is 0 Å². The van der Waals surface area contributed by atoms with Crippen molar-refractivity contribution in [2.75, 3.05) is 0 Å². The molecular weight excluding hydrogens is 276 g/mol.